The number of aryl methyl sites for hydroxylation is 3. The van der Waals surface area contributed by atoms with Crippen LogP contribution in [0.3, 0.4) is 0 Å². The van der Waals surface area contributed by atoms with Crippen LogP contribution < -0.4 is 5.32 Å². The lowest BCUT2D eigenvalue weighted by Crippen LogP contribution is -2.21. The van der Waals surface area contributed by atoms with Gasteiger partial charge in [-0.1, -0.05) is 36.7 Å². The molecule has 2 rings (SSSR count). The Morgan fingerprint density at radius 2 is 1.86 bits per heavy atom. The summed E-state index contributed by atoms with van der Waals surface area (Å²) in [6, 6.07) is 4.93. The van der Waals surface area contributed by atoms with E-state index in [4.69, 9.17) is 4.98 Å². The van der Waals surface area contributed by atoms with Gasteiger partial charge in [0.2, 0.25) is 0 Å². The molecular formula is C17H23BrN2S. The lowest BCUT2D eigenvalue weighted by molar-refractivity contribution is 0.590. The van der Waals surface area contributed by atoms with Crippen molar-refractivity contribution in [1.82, 2.24) is 10.3 Å². The number of nitrogens with one attached hydrogen (secondary N) is 1. The van der Waals surface area contributed by atoms with E-state index in [1.165, 1.54) is 31.7 Å². The minimum atomic E-state index is 0.498. The maximum Gasteiger partial charge on any atom is 0.123 e. The molecule has 0 saturated heterocycles. The SMILES string of the molecule is CCc1nc(-c2cc(C)c(Br)c(C)c2)sc1CNC(C)C. The second-order valence-electron chi connectivity index (χ2n) is 5.70. The van der Waals surface area contributed by atoms with Gasteiger partial charge in [0.25, 0.3) is 0 Å². The van der Waals surface area contributed by atoms with Gasteiger partial charge >= 0.3 is 0 Å². The monoisotopic (exact) mass is 366 g/mol. The highest BCUT2D eigenvalue weighted by Gasteiger charge is 2.13. The van der Waals surface area contributed by atoms with E-state index < -0.39 is 0 Å². The molecule has 0 saturated carbocycles. The number of aromatic nitrogens is 1. The number of halogens is 1. The predicted octanol–water partition coefficient (Wildman–Crippen LogP) is 5.25. The Kier molecular flexibility index (Phi) is 5.58. The lowest BCUT2D eigenvalue weighted by Gasteiger charge is -2.06. The summed E-state index contributed by atoms with van der Waals surface area (Å²) in [5, 5.41) is 4.63. The first-order valence-electron chi connectivity index (χ1n) is 7.41. The number of benzene rings is 1. The average Bonchev–Trinajstić information content (AvgIpc) is 2.85. The third-order valence-corrected chi connectivity index (χ3v) is 5.86. The highest BCUT2D eigenvalue weighted by Crippen LogP contribution is 2.32. The maximum atomic E-state index is 4.85. The van der Waals surface area contributed by atoms with Crippen LogP contribution >= 0.6 is 27.3 Å². The minimum Gasteiger partial charge on any atom is -0.310 e. The summed E-state index contributed by atoms with van der Waals surface area (Å²) in [6.45, 7) is 11.7. The second-order valence-corrected chi connectivity index (χ2v) is 7.58. The van der Waals surface area contributed by atoms with E-state index in [1.807, 2.05) is 11.3 Å². The third kappa shape index (κ3) is 3.93. The number of nitrogens with zero attached hydrogens (tertiary/aromatic N) is 1. The van der Waals surface area contributed by atoms with E-state index in [-0.39, 0.29) is 0 Å². The van der Waals surface area contributed by atoms with Crippen molar-refractivity contribution in [1.29, 1.82) is 0 Å². The predicted molar refractivity (Wildman–Crippen MR) is 96.1 cm³/mol. The topological polar surface area (TPSA) is 24.9 Å². The Morgan fingerprint density at radius 1 is 1.24 bits per heavy atom. The van der Waals surface area contributed by atoms with Gasteiger partial charge < -0.3 is 5.32 Å². The van der Waals surface area contributed by atoms with Gasteiger partial charge in [0, 0.05) is 27.5 Å². The summed E-state index contributed by atoms with van der Waals surface area (Å²) < 4.78 is 1.19. The molecule has 0 aliphatic carbocycles. The smallest absolute Gasteiger partial charge is 0.123 e. The summed E-state index contributed by atoms with van der Waals surface area (Å²) in [5.41, 5.74) is 4.98. The van der Waals surface area contributed by atoms with E-state index >= 15 is 0 Å². The maximum absolute atomic E-state index is 4.85. The first kappa shape index (κ1) is 16.7. The Labute approximate surface area is 140 Å². The molecule has 0 bridgehead atoms. The summed E-state index contributed by atoms with van der Waals surface area (Å²) >= 11 is 5.45. The molecule has 0 spiro atoms. The zero-order valence-corrected chi connectivity index (χ0v) is 15.8. The summed E-state index contributed by atoms with van der Waals surface area (Å²) in [6.07, 6.45) is 0.986. The van der Waals surface area contributed by atoms with E-state index in [2.05, 4.69) is 68.0 Å². The molecule has 0 aliphatic rings. The van der Waals surface area contributed by atoms with Crippen molar-refractivity contribution in [2.24, 2.45) is 0 Å². The van der Waals surface area contributed by atoms with Gasteiger partial charge in [-0.05, 0) is 43.5 Å². The first-order chi connectivity index (χ1) is 9.92. The fourth-order valence-corrected chi connectivity index (χ4v) is 3.60. The van der Waals surface area contributed by atoms with Crippen molar-refractivity contribution >= 4 is 27.3 Å². The normalized spacial score (nSPS) is 11.4. The van der Waals surface area contributed by atoms with Crippen LogP contribution in [0.25, 0.3) is 10.6 Å². The van der Waals surface area contributed by atoms with E-state index in [9.17, 15) is 0 Å². The molecule has 0 radical (unpaired) electrons. The zero-order chi connectivity index (χ0) is 15.6. The van der Waals surface area contributed by atoms with E-state index in [0.717, 1.165) is 18.0 Å². The van der Waals surface area contributed by atoms with Crippen molar-refractivity contribution in [3.63, 3.8) is 0 Å². The van der Waals surface area contributed by atoms with Crippen LogP contribution in [0.1, 0.15) is 42.5 Å². The molecule has 0 amide bonds. The average molecular weight is 367 g/mol. The van der Waals surface area contributed by atoms with Crippen LogP contribution in [0.2, 0.25) is 0 Å². The van der Waals surface area contributed by atoms with Crippen molar-refractivity contribution in [2.45, 2.75) is 53.6 Å². The quantitative estimate of drug-likeness (QED) is 0.781. The lowest BCUT2D eigenvalue weighted by atomic mass is 10.1. The molecule has 1 aromatic carbocycles. The van der Waals surface area contributed by atoms with Gasteiger partial charge in [0.1, 0.15) is 5.01 Å². The van der Waals surface area contributed by atoms with E-state index in [0.29, 0.717) is 6.04 Å². The Bertz CT molecular complexity index is 609. The molecule has 2 aromatic rings. The summed E-state index contributed by atoms with van der Waals surface area (Å²) in [7, 11) is 0. The number of hydrogen-bond acceptors (Lipinski definition) is 3. The number of rotatable bonds is 5. The first-order valence-corrected chi connectivity index (χ1v) is 9.02. The molecule has 0 unspecified atom stereocenters. The van der Waals surface area contributed by atoms with Crippen LogP contribution in [0.5, 0.6) is 0 Å². The van der Waals surface area contributed by atoms with Crippen LogP contribution in [-0.4, -0.2) is 11.0 Å². The molecule has 0 fully saturated rings. The van der Waals surface area contributed by atoms with Gasteiger partial charge in [-0.2, -0.15) is 0 Å². The van der Waals surface area contributed by atoms with Gasteiger partial charge in [-0.25, -0.2) is 4.98 Å². The van der Waals surface area contributed by atoms with Crippen LogP contribution in [-0.2, 0) is 13.0 Å². The Morgan fingerprint density at radius 3 is 2.38 bits per heavy atom. The molecule has 21 heavy (non-hydrogen) atoms. The fraction of sp³-hybridized carbons (Fsp3) is 0.471. The molecule has 4 heteroatoms. The second kappa shape index (κ2) is 7.03. The molecule has 114 valence electrons. The van der Waals surface area contributed by atoms with Crippen molar-refractivity contribution in [3.05, 3.63) is 38.3 Å². The Hall–Kier alpha value is -0.710. The minimum absolute atomic E-state index is 0.498. The standard InChI is InChI=1S/C17H23BrN2S/c1-6-14-15(9-19-10(2)3)21-17(20-14)13-7-11(4)16(18)12(5)8-13/h7-8,10,19H,6,9H2,1-5H3. The number of thiazole rings is 1. The molecule has 0 atom stereocenters. The molecule has 1 N–H and O–H groups in total. The zero-order valence-electron chi connectivity index (χ0n) is 13.4. The van der Waals surface area contributed by atoms with Gasteiger partial charge in [-0.3, -0.25) is 0 Å². The van der Waals surface area contributed by atoms with E-state index in [1.54, 1.807) is 0 Å². The fourth-order valence-electron chi connectivity index (χ4n) is 2.29. The van der Waals surface area contributed by atoms with Crippen molar-refractivity contribution < 1.29 is 0 Å². The van der Waals surface area contributed by atoms with Crippen LogP contribution in [0, 0.1) is 13.8 Å². The summed E-state index contributed by atoms with van der Waals surface area (Å²) in [4.78, 5) is 6.21. The van der Waals surface area contributed by atoms with Gasteiger partial charge in [-0.15, -0.1) is 11.3 Å². The molecule has 1 aromatic heterocycles. The molecular weight excluding hydrogens is 344 g/mol. The molecule has 2 nitrogen and oxygen atoms in total. The largest absolute Gasteiger partial charge is 0.310 e. The van der Waals surface area contributed by atoms with Gasteiger partial charge in [0.05, 0.1) is 5.69 Å². The van der Waals surface area contributed by atoms with Crippen molar-refractivity contribution in [3.8, 4) is 10.6 Å². The van der Waals surface area contributed by atoms with Crippen molar-refractivity contribution in [2.75, 3.05) is 0 Å². The third-order valence-electron chi connectivity index (χ3n) is 3.47. The molecule has 0 aliphatic heterocycles. The van der Waals surface area contributed by atoms with Crippen LogP contribution in [0.4, 0.5) is 0 Å². The Balaban J connectivity index is 2.36. The highest BCUT2D eigenvalue weighted by molar-refractivity contribution is 9.10. The molecule has 1 heterocycles. The number of hydrogen-bond donors (Lipinski definition) is 1. The van der Waals surface area contributed by atoms with Gasteiger partial charge in [0.15, 0.2) is 0 Å². The summed E-state index contributed by atoms with van der Waals surface area (Å²) in [5.74, 6) is 0. The van der Waals surface area contributed by atoms with Crippen LogP contribution in [0.15, 0.2) is 16.6 Å². The highest BCUT2D eigenvalue weighted by atomic mass is 79.9.